The van der Waals surface area contributed by atoms with Crippen molar-refractivity contribution in [1.29, 1.82) is 0 Å². The Morgan fingerprint density at radius 2 is 1.93 bits per heavy atom. The molecule has 1 fully saturated rings. The smallest absolute Gasteiger partial charge is 0.211 e. The summed E-state index contributed by atoms with van der Waals surface area (Å²) in [6, 6.07) is 14.2. The Morgan fingerprint density at radius 3 is 2.77 bits per heavy atom. The van der Waals surface area contributed by atoms with E-state index in [4.69, 9.17) is 4.99 Å². The molecule has 1 aliphatic heterocycles. The number of pyridine rings is 1. The van der Waals surface area contributed by atoms with E-state index in [-0.39, 0.29) is 6.04 Å². The van der Waals surface area contributed by atoms with Crippen LogP contribution < -0.4 is 4.80 Å². The van der Waals surface area contributed by atoms with Gasteiger partial charge in [-0.25, -0.2) is 9.98 Å². The highest BCUT2D eigenvalue weighted by Crippen LogP contribution is 2.37. The van der Waals surface area contributed by atoms with Crippen molar-refractivity contribution in [3.05, 3.63) is 63.4 Å². The molecule has 1 aromatic carbocycles. The fourth-order valence-electron chi connectivity index (χ4n) is 4.23. The van der Waals surface area contributed by atoms with E-state index < -0.39 is 0 Å². The van der Waals surface area contributed by atoms with E-state index in [1.165, 1.54) is 30.6 Å². The fraction of sp³-hybridized carbons (Fsp3) is 0.292. The zero-order valence-electron chi connectivity index (χ0n) is 17.0. The number of benzene rings is 1. The molecule has 0 saturated heterocycles. The second-order valence-corrected chi connectivity index (χ2v) is 8.87. The Hall–Kier alpha value is -2.99. The lowest BCUT2D eigenvalue weighted by molar-refractivity contribution is 0.307. The summed E-state index contributed by atoms with van der Waals surface area (Å²) in [5, 5.41) is 11.2. The van der Waals surface area contributed by atoms with Crippen molar-refractivity contribution in [3.8, 4) is 5.88 Å². The van der Waals surface area contributed by atoms with Gasteiger partial charge in [0, 0.05) is 29.1 Å². The molecular weight excluding hydrogens is 392 g/mol. The maximum Gasteiger partial charge on any atom is 0.211 e. The number of aromatic nitrogens is 2. The molecule has 152 valence electrons. The Bertz CT molecular complexity index is 1210. The first kappa shape index (κ1) is 19.0. The van der Waals surface area contributed by atoms with Crippen molar-refractivity contribution in [2.45, 2.75) is 45.1 Å². The average molecular weight is 417 g/mol. The van der Waals surface area contributed by atoms with Crippen molar-refractivity contribution in [2.24, 2.45) is 9.98 Å². The summed E-state index contributed by atoms with van der Waals surface area (Å²) in [5.74, 6) is 0.969. The van der Waals surface area contributed by atoms with Crippen LogP contribution in [0.15, 0.2) is 52.4 Å². The van der Waals surface area contributed by atoms with Gasteiger partial charge in [0.15, 0.2) is 10.6 Å². The number of rotatable bonds is 3. The molecule has 1 aliphatic carbocycles. The lowest BCUT2D eigenvalue weighted by atomic mass is 9.95. The molecule has 1 N–H and O–H groups in total. The van der Waals surface area contributed by atoms with Crippen LogP contribution in [0, 0.1) is 6.92 Å². The van der Waals surface area contributed by atoms with E-state index in [0.29, 0.717) is 11.7 Å². The molecule has 0 bridgehead atoms. The van der Waals surface area contributed by atoms with Crippen molar-refractivity contribution in [2.75, 3.05) is 0 Å². The number of allylic oxidation sites excluding steroid dienone is 1. The van der Waals surface area contributed by atoms with Crippen molar-refractivity contribution < 1.29 is 5.11 Å². The number of aliphatic imine (C=N–C) groups is 1. The monoisotopic (exact) mass is 416 g/mol. The third-order valence-corrected chi connectivity index (χ3v) is 6.71. The van der Waals surface area contributed by atoms with Crippen molar-refractivity contribution in [3.63, 3.8) is 0 Å². The number of para-hydroxylation sites is 1. The molecule has 3 aromatic rings. The average Bonchev–Trinajstić information content (AvgIpc) is 3.30. The molecule has 30 heavy (non-hydrogen) atoms. The molecule has 3 heterocycles. The van der Waals surface area contributed by atoms with Crippen LogP contribution in [0.1, 0.15) is 54.3 Å². The maximum atomic E-state index is 11.2. The third-order valence-electron chi connectivity index (χ3n) is 5.72. The normalized spacial score (nSPS) is 18.3. The summed E-state index contributed by atoms with van der Waals surface area (Å²) >= 11 is 1.51. The molecule has 6 heteroatoms. The molecule has 0 spiro atoms. The third kappa shape index (κ3) is 3.63. The summed E-state index contributed by atoms with van der Waals surface area (Å²) in [4.78, 5) is 15.5. The van der Waals surface area contributed by atoms with Crippen molar-refractivity contribution >= 4 is 40.7 Å². The van der Waals surface area contributed by atoms with Crippen LogP contribution in [-0.2, 0) is 0 Å². The van der Waals surface area contributed by atoms with Crippen molar-refractivity contribution in [1.82, 2.24) is 9.55 Å². The highest BCUT2D eigenvalue weighted by molar-refractivity contribution is 7.10. The molecule has 0 radical (unpaired) electrons. The fourth-order valence-corrected chi connectivity index (χ4v) is 5.27. The molecule has 5 rings (SSSR count). The van der Waals surface area contributed by atoms with Gasteiger partial charge in [0.1, 0.15) is 0 Å². The van der Waals surface area contributed by atoms with Gasteiger partial charge >= 0.3 is 0 Å². The maximum absolute atomic E-state index is 11.2. The van der Waals surface area contributed by atoms with Crippen LogP contribution in [0.5, 0.6) is 5.88 Å². The molecule has 2 aromatic heterocycles. The minimum atomic E-state index is 0.273. The summed E-state index contributed by atoms with van der Waals surface area (Å²) in [7, 11) is 0. The topological polar surface area (TPSA) is 62.8 Å². The summed E-state index contributed by atoms with van der Waals surface area (Å²) in [6.07, 6.45) is 9.66. The van der Waals surface area contributed by atoms with Crippen LogP contribution in [0.3, 0.4) is 0 Å². The number of thiazole rings is 1. The van der Waals surface area contributed by atoms with Gasteiger partial charge in [-0.1, -0.05) is 54.9 Å². The molecule has 0 amide bonds. The predicted molar refractivity (Wildman–Crippen MR) is 123 cm³/mol. The number of hydrogen-bond acceptors (Lipinski definition) is 5. The Kier molecular flexibility index (Phi) is 5.09. The zero-order chi connectivity index (χ0) is 20.5. The lowest BCUT2D eigenvalue weighted by Crippen LogP contribution is -2.22. The quantitative estimate of drug-likeness (QED) is 0.573. The van der Waals surface area contributed by atoms with E-state index in [0.717, 1.165) is 45.0 Å². The van der Waals surface area contributed by atoms with E-state index >= 15 is 0 Å². The molecule has 2 aliphatic rings. The van der Waals surface area contributed by atoms with Gasteiger partial charge in [0.25, 0.3) is 0 Å². The highest BCUT2D eigenvalue weighted by atomic mass is 32.1. The number of aryl methyl sites for hydroxylation is 1. The van der Waals surface area contributed by atoms with Crippen LogP contribution in [0.4, 0.5) is 11.5 Å². The number of nitrogens with zero attached hydrogens (tertiary/aromatic N) is 4. The first-order valence-electron chi connectivity index (χ1n) is 10.5. The van der Waals surface area contributed by atoms with Crippen LogP contribution in [-0.4, -0.2) is 20.9 Å². The number of aromatic hydroxyl groups is 1. The van der Waals surface area contributed by atoms with E-state index in [1.807, 2.05) is 60.2 Å². The lowest BCUT2D eigenvalue weighted by Gasteiger charge is -2.23. The van der Waals surface area contributed by atoms with Gasteiger partial charge < -0.3 is 5.11 Å². The van der Waals surface area contributed by atoms with E-state index in [2.05, 4.69) is 16.0 Å². The molecule has 0 atom stereocenters. The van der Waals surface area contributed by atoms with Gasteiger partial charge in [-0.15, -0.1) is 0 Å². The minimum absolute atomic E-state index is 0.273. The molecule has 5 nitrogen and oxygen atoms in total. The van der Waals surface area contributed by atoms with Gasteiger partial charge in [0.05, 0.1) is 10.6 Å². The zero-order valence-corrected chi connectivity index (χ0v) is 17.8. The highest BCUT2D eigenvalue weighted by Gasteiger charge is 2.23. The van der Waals surface area contributed by atoms with Crippen LogP contribution >= 0.6 is 11.3 Å². The molecule has 0 unspecified atom stereocenters. The standard InChI is InChI=1S/C24H24N4OS/c1-16-8-7-13-22(26-16)27-24-28(18-9-3-2-4-10-18)23(29)21(30-24)14-17-15-25-20-12-6-5-11-19(17)20/h5-8,11-15,18,29H,2-4,9-10H2,1H3/b17-14+,27-24+. The number of hydrogen-bond donors (Lipinski definition) is 1. The number of fused-ring (bicyclic) bond motifs is 1. The largest absolute Gasteiger partial charge is 0.493 e. The Balaban J connectivity index is 1.64. The Morgan fingerprint density at radius 1 is 1.10 bits per heavy atom. The second-order valence-electron chi connectivity index (χ2n) is 7.86. The summed E-state index contributed by atoms with van der Waals surface area (Å²) in [6.45, 7) is 1.97. The van der Waals surface area contributed by atoms with Gasteiger partial charge in [-0.2, -0.15) is 0 Å². The summed E-state index contributed by atoms with van der Waals surface area (Å²) in [5.41, 5.74) is 4.00. The van der Waals surface area contributed by atoms with E-state index in [9.17, 15) is 5.11 Å². The van der Waals surface area contributed by atoms with E-state index in [1.54, 1.807) is 0 Å². The Labute approximate surface area is 179 Å². The van der Waals surface area contributed by atoms with Crippen LogP contribution in [0.2, 0.25) is 0 Å². The van der Waals surface area contributed by atoms with Crippen LogP contribution in [0.25, 0.3) is 11.6 Å². The predicted octanol–water partition coefficient (Wildman–Crippen LogP) is 5.95. The SMILES string of the molecule is Cc1cccc(/N=c2/sc(/C=C3\C=Nc4ccccc43)c(O)n2C2CCCCC2)n1. The first-order valence-corrected chi connectivity index (χ1v) is 11.3. The van der Waals surface area contributed by atoms with Gasteiger partial charge in [-0.3, -0.25) is 9.56 Å². The van der Waals surface area contributed by atoms with Gasteiger partial charge in [-0.05, 0) is 44.0 Å². The minimum Gasteiger partial charge on any atom is -0.493 e. The second kappa shape index (κ2) is 8.03. The molecular formula is C24H24N4OS. The summed E-state index contributed by atoms with van der Waals surface area (Å²) < 4.78 is 2.03. The van der Waals surface area contributed by atoms with Gasteiger partial charge in [0.2, 0.25) is 5.88 Å². The first-order chi connectivity index (χ1) is 14.7. The molecule has 1 saturated carbocycles.